The number of hydrogen-bond acceptors (Lipinski definition) is 5. The zero-order valence-electron chi connectivity index (χ0n) is 16.7. The first-order valence-electron chi connectivity index (χ1n) is 9.86. The normalized spacial score (nSPS) is 24.2. The highest BCUT2D eigenvalue weighted by Crippen LogP contribution is 2.19. The highest BCUT2D eigenvalue weighted by molar-refractivity contribution is 5.94. The molecule has 0 unspecified atom stereocenters. The molecule has 1 aromatic rings. The molecule has 3 rings (SSSR count). The predicted octanol–water partition coefficient (Wildman–Crippen LogP) is 0.555. The monoisotopic (exact) mass is 377 g/mol. The Labute approximate surface area is 160 Å². The first-order valence-corrected chi connectivity index (χ1v) is 9.86. The van der Waals surface area contributed by atoms with Crippen molar-refractivity contribution >= 4 is 5.91 Å². The van der Waals surface area contributed by atoms with E-state index in [1.165, 1.54) is 0 Å². The first-order chi connectivity index (χ1) is 12.8. The lowest BCUT2D eigenvalue weighted by Gasteiger charge is -2.34. The molecular weight excluding hydrogens is 346 g/mol. The zero-order chi connectivity index (χ0) is 19.6. The summed E-state index contributed by atoms with van der Waals surface area (Å²) >= 11 is 0. The maximum absolute atomic E-state index is 13.1. The molecule has 2 fully saturated rings. The molecule has 150 valence electrons. The number of rotatable bonds is 4. The SMILES string of the molecule is CCc1c(C)cc(C(=O)N2CCOC[C@](O)(CN3CCCC3)C2)c(=O)n1C. The summed E-state index contributed by atoms with van der Waals surface area (Å²) in [6, 6.07) is 1.69. The van der Waals surface area contributed by atoms with Crippen LogP contribution >= 0.6 is 0 Å². The Hall–Kier alpha value is -1.70. The van der Waals surface area contributed by atoms with Crippen molar-refractivity contribution in [3.05, 3.63) is 33.2 Å². The third-order valence-corrected chi connectivity index (χ3v) is 5.69. The van der Waals surface area contributed by atoms with Gasteiger partial charge in [-0.2, -0.15) is 0 Å². The number of likely N-dealkylation sites (tertiary alicyclic amines) is 1. The van der Waals surface area contributed by atoms with Crippen LogP contribution in [0, 0.1) is 6.92 Å². The number of β-amino-alcohol motifs (C(OH)–C–C–N with tert-alkyl or cyclic N) is 1. The van der Waals surface area contributed by atoms with Gasteiger partial charge in [0.25, 0.3) is 11.5 Å². The molecule has 1 aromatic heterocycles. The lowest BCUT2D eigenvalue weighted by atomic mass is 10.0. The van der Waals surface area contributed by atoms with Crippen LogP contribution in [0.4, 0.5) is 0 Å². The van der Waals surface area contributed by atoms with Gasteiger partial charge in [-0.05, 0) is 50.9 Å². The number of aromatic nitrogens is 1. The van der Waals surface area contributed by atoms with Crippen LogP contribution in [0.15, 0.2) is 10.9 Å². The summed E-state index contributed by atoms with van der Waals surface area (Å²) in [5.74, 6) is -0.327. The molecule has 1 N–H and O–H groups in total. The van der Waals surface area contributed by atoms with Crippen LogP contribution in [0.25, 0.3) is 0 Å². The van der Waals surface area contributed by atoms with Gasteiger partial charge in [0.2, 0.25) is 0 Å². The number of ether oxygens (including phenoxy) is 1. The van der Waals surface area contributed by atoms with E-state index in [0.29, 0.717) is 19.7 Å². The molecule has 0 saturated carbocycles. The number of nitrogens with zero attached hydrogens (tertiary/aromatic N) is 3. The predicted molar refractivity (Wildman–Crippen MR) is 103 cm³/mol. The Morgan fingerprint density at radius 1 is 1.30 bits per heavy atom. The molecule has 7 heteroatoms. The quantitative estimate of drug-likeness (QED) is 0.830. The van der Waals surface area contributed by atoms with Crippen LogP contribution in [0.1, 0.15) is 41.4 Å². The maximum Gasteiger partial charge on any atom is 0.263 e. The summed E-state index contributed by atoms with van der Waals surface area (Å²) < 4.78 is 7.16. The van der Waals surface area contributed by atoms with Crippen molar-refractivity contribution in [2.24, 2.45) is 7.05 Å². The number of carbonyl (C=O) groups excluding carboxylic acids is 1. The molecule has 7 nitrogen and oxygen atoms in total. The van der Waals surface area contributed by atoms with Gasteiger partial charge in [0.1, 0.15) is 11.2 Å². The second-order valence-corrected chi connectivity index (χ2v) is 7.89. The van der Waals surface area contributed by atoms with Crippen molar-refractivity contribution < 1.29 is 14.6 Å². The van der Waals surface area contributed by atoms with Crippen LogP contribution in [-0.2, 0) is 18.2 Å². The minimum absolute atomic E-state index is 0.164. The van der Waals surface area contributed by atoms with Crippen molar-refractivity contribution in [2.75, 3.05) is 45.9 Å². The van der Waals surface area contributed by atoms with Gasteiger partial charge in [-0.3, -0.25) is 9.59 Å². The minimum atomic E-state index is -1.11. The Kier molecular flexibility index (Phi) is 6.03. The number of hydrogen-bond donors (Lipinski definition) is 1. The number of aryl methyl sites for hydroxylation is 1. The van der Waals surface area contributed by atoms with E-state index in [1.807, 2.05) is 13.8 Å². The fourth-order valence-corrected chi connectivity index (χ4v) is 4.31. The fourth-order valence-electron chi connectivity index (χ4n) is 4.31. The number of amides is 1. The number of pyridine rings is 1. The Bertz CT molecular complexity index is 754. The smallest absolute Gasteiger partial charge is 0.263 e. The molecule has 0 aliphatic carbocycles. The van der Waals surface area contributed by atoms with Crippen LogP contribution in [0.3, 0.4) is 0 Å². The molecular formula is C20H31N3O4. The molecule has 0 bridgehead atoms. The molecule has 3 heterocycles. The van der Waals surface area contributed by atoms with E-state index in [2.05, 4.69) is 4.90 Å². The maximum atomic E-state index is 13.1. The van der Waals surface area contributed by atoms with Crippen molar-refractivity contribution in [1.82, 2.24) is 14.4 Å². The van der Waals surface area contributed by atoms with Gasteiger partial charge in [0, 0.05) is 25.8 Å². The van der Waals surface area contributed by atoms with Crippen molar-refractivity contribution in [2.45, 2.75) is 38.7 Å². The van der Waals surface area contributed by atoms with Crippen LogP contribution in [-0.4, -0.2) is 76.9 Å². The first kappa shape index (κ1) is 20.0. The Morgan fingerprint density at radius 3 is 2.67 bits per heavy atom. The molecule has 2 aliphatic rings. The number of carbonyl (C=O) groups is 1. The van der Waals surface area contributed by atoms with Gasteiger partial charge < -0.3 is 24.2 Å². The summed E-state index contributed by atoms with van der Waals surface area (Å²) in [7, 11) is 1.71. The lowest BCUT2D eigenvalue weighted by molar-refractivity contribution is -0.0524. The van der Waals surface area contributed by atoms with Crippen LogP contribution in [0.2, 0.25) is 0 Å². The molecule has 1 amide bonds. The van der Waals surface area contributed by atoms with Gasteiger partial charge in [-0.1, -0.05) is 6.92 Å². The summed E-state index contributed by atoms with van der Waals surface area (Å²) in [6.07, 6.45) is 3.01. The Balaban J connectivity index is 1.84. The fraction of sp³-hybridized carbons (Fsp3) is 0.700. The third-order valence-electron chi connectivity index (χ3n) is 5.69. The average molecular weight is 377 g/mol. The number of aliphatic hydroxyl groups is 1. The molecule has 2 saturated heterocycles. The molecule has 0 radical (unpaired) electrons. The molecule has 1 atom stereocenters. The largest absolute Gasteiger partial charge is 0.384 e. The summed E-state index contributed by atoms with van der Waals surface area (Å²) in [6.45, 7) is 7.46. The zero-order valence-corrected chi connectivity index (χ0v) is 16.7. The minimum Gasteiger partial charge on any atom is -0.384 e. The van der Waals surface area contributed by atoms with E-state index < -0.39 is 5.60 Å². The topological polar surface area (TPSA) is 75.0 Å². The molecule has 2 aliphatic heterocycles. The average Bonchev–Trinajstić information content (AvgIpc) is 3.05. The summed E-state index contributed by atoms with van der Waals surface area (Å²) in [4.78, 5) is 29.7. The van der Waals surface area contributed by atoms with Crippen molar-refractivity contribution in [3.63, 3.8) is 0 Å². The van der Waals surface area contributed by atoms with Gasteiger partial charge in [0.15, 0.2) is 0 Å². The van der Waals surface area contributed by atoms with Gasteiger partial charge in [-0.25, -0.2) is 0 Å². The second-order valence-electron chi connectivity index (χ2n) is 7.89. The van der Waals surface area contributed by atoms with E-state index in [1.54, 1.807) is 22.6 Å². The van der Waals surface area contributed by atoms with Crippen molar-refractivity contribution in [3.8, 4) is 0 Å². The second kappa shape index (κ2) is 8.12. The van der Waals surface area contributed by atoms with Crippen molar-refractivity contribution in [1.29, 1.82) is 0 Å². The van der Waals surface area contributed by atoms with Gasteiger partial charge >= 0.3 is 0 Å². The molecule has 27 heavy (non-hydrogen) atoms. The standard InChI is InChI=1S/C20H31N3O4/c1-4-17-15(2)11-16(18(24)21(17)3)19(25)23-9-10-27-14-20(26,13-23)12-22-7-5-6-8-22/h11,26H,4-10,12-14H2,1-3H3/t20-/m0/s1. The Morgan fingerprint density at radius 2 is 2.00 bits per heavy atom. The van der Waals surface area contributed by atoms with E-state index >= 15 is 0 Å². The van der Waals surface area contributed by atoms with Crippen LogP contribution in [0.5, 0.6) is 0 Å². The molecule has 0 spiro atoms. The van der Waals surface area contributed by atoms with E-state index in [4.69, 9.17) is 4.74 Å². The van der Waals surface area contributed by atoms with E-state index in [9.17, 15) is 14.7 Å². The lowest BCUT2D eigenvalue weighted by Crippen LogP contribution is -2.53. The van der Waals surface area contributed by atoms with Gasteiger partial charge in [-0.15, -0.1) is 0 Å². The molecule has 0 aromatic carbocycles. The van der Waals surface area contributed by atoms with Gasteiger partial charge in [0.05, 0.1) is 19.8 Å². The summed E-state index contributed by atoms with van der Waals surface area (Å²) in [5.41, 5.74) is 0.635. The highest BCUT2D eigenvalue weighted by atomic mass is 16.5. The highest BCUT2D eigenvalue weighted by Gasteiger charge is 2.37. The third kappa shape index (κ3) is 4.25. The van der Waals surface area contributed by atoms with E-state index in [0.717, 1.165) is 43.6 Å². The summed E-state index contributed by atoms with van der Waals surface area (Å²) in [5, 5.41) is 11.1. The van der Waals surface area contributed by atoms with Crippen LogP contribution < -0.4 is 5.56 Å². The van der Waals surface area contributed by atoms with E-state index in [-0.39, 0.29) is 30.2 Å².